The number of carbonyl (C=O) groups is 1. The van der Waals surface area contributed by atoms with Crippen LogP contribution in [-0.4, -0.2) is 52.2 Å². The largest absolute Gasteiger partial charge is 0.387 e. The van der Waals surface area contributed by atoms with Crippen molar-refractivity contribution in [3.8, 4) is 11.5 Å². The number of aliphatic hydroxyl groups excluding tert-OH is 1. The molecule has 1 aliphatic heterocycles. The minimum absolute atomic E-state index is 0.0101. The van der Waals surface area contributed by atoms with E-state index in [9.17, 15) is 9.90 Å². The molecule has 0 radical (unpaired) electrons. The third kappa shape index (κ3) is 5.32. The van der Waals surface area contributed by atoms with Crippen LogP contribution in [0.25, 0.3) is 0 Å². The van der Waals surface area contributed by atoms with Crippen LogP contribution in [0.3, 0.4) is 0 Å². The summed E-state index contributed by atoms with van der Waals surface area (Å²) in [6.07, 6.45) is -1.10. The molecule has 3 N–H and O–H groups in total. The second-order valence-corrected chi connectivity index (χ2v) is 15.3. The van der Waals surface area contributed by atoms with Crippen LogP contribution < -0.4 is 10.6 Å². The van der Waals surface area contributed by atoms with Gasteiger partial charge >= 0.3 is 6.03 Å². The lowest BCUT2D eigenvalue weighted by molar-refractivity contribution is -0.0144. The first kappa shape index (κ1) is 26.7. The van der Waals surface area contributed by atoms with Crippen LogP contribution in [0.15, 0.2) is 18.2 Å². The lowest BCUT2D eigenvalue weighted by Gasteiger charge is -2.41. The highest BCUT2D eigenvalue weighted by molar-refractivity contribution is 6.90. The number of halogens is 1. The highest BCUT2D eigenvalue weighted by Crippen LogP contribution is 2.42. The maximum absolute atomic E-state index is 12.6. The van der Waals surface area contributed by atoms with E-state index in [1.807, 2.05) is 0 Å². The minimum Gasteiger partial charge on any atom is -0.387 e. The Morgan fingerprint density at radius 2 is 1.75 bits per heavy atom. The number of aliphatic hydroxyl groups is 1. The fourth-order valence-corrected chi connectivity index (χ4v) is 10.4. The second kappa shape index (κ2) is 11.0. The number of nitrogens with one attached hydrogen (secondary N) is 2. The van der Waals surface area contributed by atoms with Gasteiger partial charge in [-0.1, -0.05) is 59.1 Å². The standard InChI is InChI=1S/C24H37ClN2O4Si/c1-16(2)32(17(3)4,18(5)6)13-10-24(22(28)15-31-12-11-30-7)20-14-19(25)8-9-21(20)26-23(29)27-24/h8-9,14,16-18,22,28H,11-12,15H2,1-7H3,(H2,26,27,29). The summed E-state index contributed by atoms with van der Waals surface area (Å²) in [6.45, 7) is 14.1. The van der Waals surface area contributed by atoms with E-state index in [0.29, 0.717) is 46.1 Å². The molecular formula is C24H37ClN2O4Si. The van der Waals surface area contributed by atoms with Crippen molar-refractivity contribution < 1.29 is 19.4 Å². The van der Waals surface area contributed by atoms with Gasteiger partial charge in [0.15, 0.2) is 5.54 Å². The number of carbonyl (C=O) groups excluding carboxylic acids is 1. The summed E-state index contributed by atoms with van der Waals surface area (Å²) in [5.41, 5.74) is 4.75. The summed E-state index contributed by atoms with van der Waals surface area (Å²) in [5, 5.41) is 17.6. The molecule has 0 saturated heterocycles. The molecule has 8 heteroatoms. The molecule has 178 valence electrons. The summed E-state index contributed by atoms with van der Waals surface area (Å²) >= 11 is 6.32. The van der Waals surface area contributed by atoms with Gasteiger partial charge in [0.2, 0.25) is 0 Å². The lowest BCUT2D eigenvalue weighted by atomic mass is 9.83. The average Bonchev–Trinajstić information content (AvgIpc) is 2.70. The van der Waals surface area contributed by atoms with E-state index < -0.39 is 25.7 Å². The Kier molecular flexibility index (Phi) is 9.21. The van der Waals surface area contributed by atoms with Gasteiger partial charge in [-0.25, -0.2) is 4.79 Å². The molecule has 1 aliphatic rings. The van der Waals surface area contributed by atoms with E-state index in [0.717, 1.165) is 0 Å². The highest BCUT2D eigenvalue weighted by Gasteiger charge is 2.47. The monoisotopic (exact) mass is 480 g/mol. The smallest absolute Gasteiger partial charge is 0.320 e. The van der Waals surface area contributed by atoms with Crippen molar-refractivity contribution in [2.24, 2.45) is 0 Å². The number of fused-ring (bicyclic) bond motifs is 1. The molecule has 1 aromatic rings. The topological polar surface area (TPSA) is 79.8 Å². The number of ether oxygens (including phenoxy) is 2. The van der Waals surface area contributed by atoms with Crippen LogP contribution in [0, 0.1) is 11.5 Å². The Balaban J connectivity index is 2.69. The van der Waals surface area contributed by atoms with Crippen LogP contribution in [0.1, 0.15) is 47.1 Å². The number of urea groups is 1. The second-order valence-electron chi connectivity index (χ2n) is 9.31. The van der Waals surface area contributed by atoms with Gasteiger partial charge in [-0.15, -0.1) is 5.54 Å². The van der Waals surface area contributed by atoms with Gasteiger partial charge < -0.3 is 25.2 Å². The molecule has 0 bridgehead atoms. The van der Waals surface area contributed by atoms with Crippen LogP contribution >= 0.6 is 11.6 Å². The molecule has 1 aromatic carbocycles. The molecule has 0 saturated carbocycles. The fraction of sp³-hybridized carbons (Fsp3) is 0.625. The molecule has 2 rings (SSSR count). The summed E-state index contributed by atoms with van der Waals surface area (Å²) in [4.78, 5) is 12.6. The number of rotatable bonds is 9. The van der Waals surface area contributed by atoms with E-state index in [-0.39, 0.29) is 6.61 Å². The Bertz CT molecular complexity index is 844. The quantitative estimate of drug-likeness (QED) is 0.266. The number of anilines is 1. The Morgan fingerprint density at radius 1 is 1.12 bits per heavy atom. The Hall–Kier alpha value is -1.56. The lowest BCUT2D eigenvalue weighted by Crippen LogP contribution is -2.59. The van der Waals surface area contributed by atoms with Crippen LogP contribution in [0.5, 0.6) is 0 Å². The summed E-state index contributed by atoms with van der Waals surface area (Å²) in [6, 6.07) is 4.78. The van der Waals surface area contributed by atoms with E-state index in [1.54, 1.807) is 25.3 Å². The van der Waals surface area contributed by atoms with Crippen molar-refractivity contribution in [2.75, 3.05) is 32.2 Å². The van der Waals surface area contributed by atoms with Crippen molar-refractivity contribution >= 4 is 31.4 Å². The average molecular weight is 481 g/mol. The van der Waals surface area contributed by atoms with Gasteiger partial charge in [0.05, 0.1) is 19.8 Å². The Morgan fingerprint density at radius 3 is 2.31 bits per heavy atom. The summed E-state index contributed by atoms with van der Waals surface area (Å²) in [7, 11) is -0.554. The van der Waals surface area contributed by atoms with E-state index in [2.05, 4.69) is 63.6 Å². The van der Waals surface area contributed by atoms with Gasteiger partial charge in [-0.3, -0.25) is 0 Å². The predicted octanol–water partition coefficient (Wildman–Crippen LogP) is 4.92. The van der Waals surface area contributed by atoms with Crippen molar-refractivity contribution in [2.45, 2.75) is 69.8 Å². The first-order chi connectivity index (χ1) is 15.0. The van der Waals surface area contributed by atoms with Crippen molar-refractivity contribution in [3.63, 3.8) is 0 Å². The van der Waals surface area contributed by atoms with Gasteiger partial charge in [0, 0.05) is 23.4 Å². The van der Waals surface area contributed by atoms with Crippen LogP contribution in [0.4, 0.5) is 10.5 Å². The molecule has 1 heterocycles. The van der Waals surface area contributed by atoms with Crippen molar-refractivity contribution in [1.82, 2.24) is 5.32 Å². The van der Waals surface area contributed by atoms with Crippen LogP contribution in [-0.2, 0) is 15.0 Å². The molecule has 2 unspecified atom stereocenters. The number of hydrogen-bond donors (Lipinski definition) is 3. The minimum atomic E-state index is -2.14. The maximum atomic E-state index is 12.6. The molecule has 2 amide bonds. The zero-order valence-corrected chi connectivity index (χ0v) is 22.0. The predicted molar refractivity (Wildman–Crippen MR) is 133 cm³/mol. The first-order valence-corrected chi connectivity index (χ1v) is 13.8. The number of benzene rings is 1. The van der Waals surface area contributed by atoms with E-state index in [1.165, 1.54) is 0 Å². The molecule has 2 atom stereocenters. The molecule has 0 fully saturated rings. The molecular weight excluding hydrogens is 444 g/mol. The number of amides is 2. The molecule has 0 aromatic heterocycles. The third-order valence-corrected chi connectivity index (χ3v) is 13.0. The molecule has 0 aliphatic carbocycles. The fourth-order valence-electron chi connectivity index (χ4n) is 4.90. The summed E-state index contributed by atoms with van der Waals surface area (Å²) in [5.74, 6) is 3.39. The molecule has 6 nitrogen and oxygen atoms in total. The zero-order chi connectivity index (χ0) is 24.1. The molecule has 0 spiro atoms. The van der Waals surface area contributed by atoms with E-state index in [4.69, 9.17) is 21.1 Å². The third-order valence-electron chi connectivity index (χ3n) is 6.51. The van der Waals surface area contributed by atoms with Crippen molar-refractivity contribution in [3.05, 3.63) is 28.8 Å². The first-order valence-electron chi connectivity index (χ1n) is 11.2. The van der Waals surface area contributed by atoms with E-state index >= 15 is 0 Å². The number of hydrogen-bond acceptors (Lipinski definition) is 4. The van der Waals surface area contributed by atoms with Crippen molar-refractivity contribution in [1.29, 1.82) is 0 Å². The van der Waals surface area contributed by atoms with Gasteiger partial charge in [0.1, 0.15) is 14.2 Å². The number of methoxy groups -OCH3 is 1. The maximum Gasteiger partial charge on any atom is 0.320 e. The van der Waals surface area contributed by atoms with Crippen LogP contribution in [0.2, 0.25) is 21.6 Å². The van der Waals surface area contributed by atoms with Gasteiger partial charge in [0.25, 0.3) is 0 Å². The normalized spacial score (nSPS) is 19.3. The SMILES string of the molecule is COCCOCC(O)C1(C#C[Si](C(C)C)(C(C)C)C(C)C)NC(=O)Nc2ccc(Cl)cc21. The highest BCUT2D eigenvalue weighted by atomic mass is 35.5. The zero-order valence-electron chi connectivity index (χ0n) is 20.2. The van der Waals surface area contributed by atoms with Gasteiger partial charge in [-0.2, -0.15) is 0 Å². The molecule has 32 heavy (non-hydrogen) atoms. The summed E-state index contributed by atoms with van der Waals surface area (Å²) < 4.78 is 10.7. The van der Waals surface area contributed by atoms with Gasteiger partial charge in [-0.05, 0) is 34.8 Å². The Labute approximate surface area is 198 Å².